The van der Waals surface area contributed by atoms with Crippen LogP contribution in [0, 0.1) is 6.92 Å². The van der Waals surface area contributed by atoms with Crippen molar-refractivity contribution in [1.82, 2.24) is 19.8 Å². The normalized spacial score (nSPS) is 11.8. The van der Waals surface area contributed by atoms with E-state index < -0.39 is 0 Å². The number of nitrogens with zero attached hydrogens (tertiary/aromatic N) is 4. The number of aryl methyl sites for hydroxylation is 2. The molecule has 0 bridgehead atoms. The van der Waals surface area contributed by atoms with Crippen LogP contribution < -0.4 is 5.32 Å². The Labute approximate surface area is 150 Å². The molecule has 0 fully saturated rings. The average Bonchev–Trinajstić information content (AvgIpc) is 3.03. The molecule has 7 heteroatoms. The van der Waals surface area contributed by atoms with Gasteiger partial charge in [0.2, 0.25) is 0 Å². The first-order valence-electron chi connectivity index (χ1n) is 7.71. The molecule has 0 spiro atoms. The number of nitrogens with one attached hydrogen (secondary N) is 1. The highest BCUT2D eigenvalue weighted by molar-refractivity contribution is 9.10. The number of halogens is 1. The van der Waals surface area contributed by atoms with Crippen molar-refractivity contribution in [3.05, 3.63) is 38.5 Å². The van der Waals surface area contributed by atoms with E-state index >= 15 is 0 Å². The highest BCUT2D eigenvalue weighted by atomic mass is 79.9. The van der Waals surface area contributed by atoms with E-state index in [4.69, 9.17) is 4.99 Å². The topological polar surface area (TPSA) is 45.5 Å². The number of thiazole rings is 1. The van der Waals surface area contributed by atoms with Gasteiger partial charge in [-0.25, -0.2) is 4.98 Å². The van der Waals surface area contributed by atoms with Gasteiger partial charge in [0.25, 0.3) is 0 Å². The molecule has 2 heterocycles. The van der Waals surface area contributed by atoms with Crippen LogP contribution in [0.1, 0.15) is 22.5 Å². The number of rotatable bonds is 6. The first-order chi connectivity index (χ1) is 11.0. The molecule has 23 heavy (non-hydrogen) atoms. The predicted octanol–water partition coefficient (Wildman–Crippen LogP) is 3.19. The highest BCUT2D eigenvalue weighted by Crippen LogP contribution is 2.15. The molecule has 5 nitrogen and oxygen atoms in total. The van der Waals surface area contributed by atoms with E-state index in [1.807, 2.05) is 6.20 Å². The van der Waals surface area contributed by atoms with Gasteiger partial charge in [-0.3, -0.25) is 4.99 Å². The maximum Gasteiger partial charge on any atom is 0.194 e. The Bertz CT molecular complexity index is 661. The molecule has 0 unspecified atom stereocenters. The summed E-state index contributed by atoms with van der Waals surface area (Å²) in [7, 11) is 4.12. The van der Waals surface area contributed by atoms with Crippen LogP contribution in [-0.4, -0.2) is 40.5 Å². The van der Waals surface area contributed by atoms with Gasteiger partial charge in [-0.15, -0.1) is 11.3 Å². The van der Waals surface area contributed by atoms with Crippen LogP contribution in [-0.2, 0) is 20.0 Å². The number of hydrogen-bond acceptors (Lipinski definition) is 3. The molecular weight excluding hydrogens is 374 g/mol. The summed E-state index contributed by atoms with van der Waals surface area (Å²) in [6, 6.07) is 2.14. The summed E-state index contributed by atoms with van der Waals surface area (Å²) < 4.78 is 3.23. The Morgan fingerprint density at radius 3 is 2.87 bits per heavy atom. The van der Waals surface area contributed by atoms with Gasteiger partial charge in [0, 0.05) is 61.0 Å². The monoisotopic (exact) mass is 397 g/mol. The first-order valence-corrected chi connectivity index (χ1v) is 9.32. The maximum absolute atomic E-state index is 4.73. The van der Waals surface area contributed by atoms with Gasteiger partial charge in [0.05, 0.1) is 11.6 Å². The van der Waals surface area contributed by atoms with Gasteiger partial charge in [-0.05, 0) is 35.8 Å². The van der Waals surface area contributed by atoms with E-state index in [1.54, 1.807) is 11.3 Å². The number of guanidine groups is 1. The zero-order valence-corrected chi connectivity index (χ0v) is 16.5. The van der Waals surface area contributed by atoms with Crippen LogP contribution >= 0.6 is 27.3 Å². The largest absolute Gasteiger partial charge is 0.357 e. The third-order valence-electron chi connectivity index (χ3n) is 3.43. The molecule has 0 radical (unpaired) electrons. The van der Waals surface area contributed by atoms with E-state index in [0.717, 1.165) is 41.5 Å². The van der Waals surface area contributed by atoms with Crippen molar-refractivity contribution in [2.75, 3.05) is 20.1 Å². The second-order valence-electron chi connectivity index (χ2n) is 5.47. The van der Waals surface area contributed by atoms with Crippen molar-refractivity contribution in [3.63, 3.8) is 0 Å². The highest BCUT2D eigenvalue weighted by Gasteiger charge is 2.09. The third kappa shape index (κ3) is 5.35. The molecule has 2 rings (SSSR count). The van der Waals surface area contributed by atoms with Gasteiger partial charge in [0.15, 0.2) is 5.96 Å². The van der Waals surface area contributed by atoms with E-state index in [-0.39, 0.29) is 0 Å². The second kappa shape index (κ2) is 8.49. The summed E-state index contributed by atoms with van der Waals surface area (Å²) in [6.45, 7) is 6.59. The van der Waals surface area contributed by atoms with Crippen molar-refractivity contribution in [3.8, 4) is 0 Å². The summed E-state index contributed by atoms with van der Waals surface area (Å²) in [4.78, 5) is 12.5. The zero-order chi connectivity index (χ0) is 16.8. The number of aromatic nitrogens is 2. The lowest BCUT2D eigenvalue weighted by Crippen LogP contribution is -2.39. The average molecular weight is 398 g/mol. The fourth-order valence-electron chi connectivity index (χ4n) is 2.29. The van der Waals surface area contributed by atoms with E-state index in [0.29, 0.717) is 0 Å². The molecule has 0 saturated carbocycles. The molecule has 0 amide bonds. The molecule has 0 aliphatic heterocycles. The Hall–Kier alpha value is -1.34. The summed E-state index contributed by atoms with van der Waals surface area (Å²) in [5.41, 5.74) is 1.24. The lowest BCUT2D eigenvalue weighted by Gasteiger charge is -2.22. The molecule has 0 aliphatic carbocycles. The number of hydrogen-bond donors (Lipinski definition) is 1. The fraction of sp³-hybridized carbons (Fsp3) is 0.500. The maximum atomic E-state index is 4.73. The van der Waals surface area contributed by atoms with E-state index in [9.17, 15) is 0 Å². The Morgan fingerprint density at radius 2 is 2.30 bits per heavy atom. The molecule has 2 aromatic heterocycles. The molecular formula is C16H24BrN5S. The number of aliphatic imine (C=N–C) groups is 1. The molecule has 0 aromatic carbocycles. The second-order valence-corrected chi connectivity index (χ2v) is 7.70. The van der Waals surface area contributed by atoms with Crippen LogP contribution in [0.25, 0.3) is 0 Å². The minimum atomic E-state index is 0.746. The lowest BCUT2D eigenvalue weighted by atomic mass is 10.4. The Kier molecular flexibility index (Phi) is 6.65. The van der Waals surface area contributed by atoms with E-state index in [2.05, 4.69) is 75.9 Å². The van der Waals surface area contributed by atoms with Crippen molar-refractivity contribution in [1.29, 1.82) is 0 Å². The zero-order valence-electron chi connectivity index (χ0n) is 14.1. The van der Waals surface area contributed by atoms with Crippen molar-refractivity contribution in [2.45, 2.75) is 26.8 Å². The smallest absolute Gasteiger partial charge is 0.194 e. The minimum Gasteiger partial charge on any atom is -0.357 e. The van der Waals surface area contributed by atoms with Crippen LogP contribution in [0.2, 0.25) is 0 Å². The minimum absolute atomic E-state index is 0.746. The Morgan fingerprint density at radius 1 is 1.52 bits per heavy atom. The van der Waals surface area contributed by atoms with Gasteiger partial charge < -0.3 is 14.8 Å². The Balaban J connectivity index is 1.98. The van der Waals surface area contributed by atoms with Crippen molar-refractivity contribution >= 4 is 33.2 Å². The molecule has 126 valence electrons. The third-order valence-corrected chi connectivity index (χ3v) is 4.83. The van der Waals surface area contributed by atoms with Crippen LogP contribution in [0.5, 0.6) is 0 Å². The molecule has 1 N–H and O–H groups in total. The van der Waals surface area contributed by atoms with Gasteiger partial charge in [0.1, 0.15) is 0 Å². The summed E-state index contributed by atoms with van der Waals surface area (Å²) in [6.07, 6.45) is 4.88. The molecule has 0 saturated heterocycles. The summed E-state index contributed by atoms with van der Waals surface area (Å²) in [5, 5.41) is 4.51. The molecule has 2 aromatic rings. The van der Waals surface area contributed by atoms with Crippen LogP contribution in [0.3, 0.4) is 0 Å². The lowest BCUT2D eigenvalue weighted by molar-refractivity contribution is 0.462. The predicted molar refractivity (Wildman–Crippen MR) is 101 cm³/mol. The van der Waals surface area contributed by atoms with Crippen molar-refractivity contribution in [2.24, 2.45) is 12.0 Å². The molecule has 0 aliphatic rings. The first kappa shape index (κ1) is 18.0. The van der Waals surface area contributed by atoms with Gasteiger partial charge in [-0.2, -0.15) is 0 Å². The van der Waals surface area contributed by atoms with Crippen LogP contribution in [0.15, 0.2) is 27.9 Å². The van der Waals surface area contributed by atoms with Gasteiger partial charge >= 0.3 is 0 Å². The van der Waals surface area contributed by atoms with Crippen LogP contribution in [0.4, 0.5) is 0 Å². The summed E-state index contributed by atoms with van der Waals surface area (Å²) >= 11 is 5.27. The SMILES string of the molecule is CCNC(=NCCc1ncc(C)s1)N(C)Cc1cc(Br)cn1C. The van der Waals surface area contributed by atoms with Crippen molar-refractivity contribution < 1.29 is 0 Å². The summed E-state index contributed by atoms with van der Waals surface area (Å²) in [5.74, 6) is 0.929. The fourth-order valence-corrected chi connectivity index (χ4v) is 3.63. The molecule has 0 atom stereocenters. The van der Waals surface area contributed by atoms with Gasteiger partial charge in [-0.1, -0.05) is 0 Å². The van der Waals surface area contributed by atoms with E-state index in [1.165, 1.54) is 10.6 Å². The standard InChI is InChI=1S/C16H24BrN5S/c1-5-18-16(19-7-6-15-20-9-12(2)23-15)22(4)11-14-8-13(17)10-21(14)3/h8-10H,5-7,11H2,1-4H3,(H,18,19). The quantitative estimate of drug-likeness (QED) is 0.601.